The number of carboxylic acid groups (broad SMARTS) is 1. The van der Waals surface area contributed by atoms with Crippen LogP contribution in [0, 0.1) is 55.7 Å². The summed E-state index contributed by atoms with van der Waals surface area (Å²) in [5, 5.41) is 46.3. The standard InChI is InChI=1S/C37H35F2N3O5.C35H31F2N3O5.C33H31F2N3O5.C4H6Cl2/c1-7-44-36(43)35(47-37(4,5)6)33-22(3)40-32-18-29-24-10-8-9-23(15-24)27-13-11-25(38)16-30(27)45-19-21(2)20-46-31-17-26(39)12-14-28(31)34(33)42(32)41-29;1-19-17-43-28-14-23(36)9-11-25(28)21-7-6-8-22(13-21)27-16-30-38-20(2)31(33(34(41)42)45-35(3,4)5)32(40(30)39-27)26-12-10-24(37)15-29(26)44-18-19;1-6-42-32(41)31(43-33(3,4)5)29-18(2)36-28-17-25(37-38(28)30(29)24-13-11-22(35)16-27(24)40)20-9-7-8-19(14-20)23-12-10-21(34)15-26(23)39;1-4(2-5)3-6/h8-18,35H,2,7,19-20H2,1,3-6H3;6-16,33H,1,17-18H2,2-5H3,(H,41,42);7-17,31,39-40H,6H2,1-5H3;1-3H2/t35-;33-;31-;/m000./s1. The molecule has 9 aromatic carbocycles. The van der Waals surface area contributed by atoms with Crippen molar-refractivity contribution < 1.29 is 98.7 Å². The van der Waals surface area contributed by atoms with Gasteiger partial charge >= 0.3 is 17.9 Å². The summed E-state index contributed by atoms with van der Waals surface area (Å²) in [4.78, 5) is 54.0. The number of ether oxygens (including phenoxy) is 9. The first-order valence-corrected chi connectivity index (χ1v) is 46.0. The molecule has 730 valence electrons. The van der Waals surface area contributed by atoms with E-state index in [0.717, 1.165) is 40.0 Å². The van der Waals surface area contributed by atoms with E-state index in [1.54, 1.807) is 134 Å². The number of halogens is 8. The SMILES string of the molecule is C=C(CCl)CCl.C=C1COc2cc(F)ccc2-c2cccc(c2)-c2cc3nc(C)c([C@H](OC(C)(C)C)C(=O)O)c(n3n2)-c2ccc(F)cc2OC1.C=C1COc2cc(F)ccc2-c2cccc(c2)-c2cc3nc(C)c([C@H](OC(C)(C)C)C(=O)OCC)c(n3n2)-c2ccc(F)cc2OC1.CCOC(=O)[C@@H](OC(C)(C)C)c1c(C)nc2cc(-c3cccc(-c4ccc(F)cc4O)c3)nn2c1-c1ccc(F)cc1O. The van der Waals surface area contributed by atoms with E-state index in [1.807, 2.05) is 81.4 Å². The molecule has 24 nitrogen and oxygen atoms in total. The summed E-state index contributed by atoms with van der Waals surface area (Å²) in [5.41, 5.74) is 12.9. The van der Waals surface area contributed by atoms with E-state index in [0.29, 0.717) is 147 Å². The Balaban J connectivity index is 0.000000163. The van der Waals surface area contributed by atoms with Crippen LogP contribution in [0.2, 0.25) is 0 Å². The summed E-state index contributed by atoms with van der Waals surface area (Å²) >= 11 is 10.5. The molecule has 0 fully saturated rings. The Morgan fingerprint density at radius 1 is 0.390 bits per heavy atom. The summed E-state index contributed by atoms with van der Waals surface area (Å²) in [6.07, 6.45) is -3.87. The van der Waals surface area contributed by atoms with E-state index < -0.39 is 87.9 Å². The number of hydrogen-bond donors (Lipinski definition) is 3. The number of phenols is 2. The molecule has 0 saturated carbocycles. The highest BCUT2D eigenvalue weighted by atomic mass is 35.5. The number of aryl methyl sites for hydroxylation is 3. The number of allylic oxidation sites excluding steroid dienone is 1. The van der Waals surface area contributed by atoms with Crippen molar-refractivity contribution in [3.63, 3.8) is 0 Å². The number of esters is 2. The molecule has 2 aliphatic heterocycles. The maximum Gasteiger partial charge on any atom is 0.340 e. The lowest BCUT2D eigenvalue weighted by Crippen LogP contribution is -2.30. The van der Waals surface area contributed by atoms with Crippen molar-refractivity contribution in [1.82, 2.24) is 43.8 Å². The van der Waals surface area contributed by atoms with Crippen LogP contribution in [-0.4, -0.2) is 145 Å². The summed E-state index contributed by atoms with van der Waals surface area (Å²) in [6.45, 7) is 36.7. The lowest BCUT2D eigenvalue weighted by molar-refractivity contribution is -0.167. The number of carboxylic acids is 1. The normalized spacial score (nSPS) is 13.2. The van der Waals surface area contributed by atoms with Gasteiger partial charge in [0, 0.05) is 150 Å². The molecular formula is C109H103Cl2F6N9O15. The number of fused-ring (bicyclic) bond motifs is 17. The van der Waals surface area contributed by atoms with Crippen molar-refractivity contribution in [2.24, 2.45) is 0 Å². The van der Waals surface area contributed by atoms with Crippen LogP contribution in [0.1, 0.15) is 128 Å². The van der Waals surface area contributed by atoms with Gasteiger partial charge in [0.25, 0.3) is 0 Å². The van der Waals surface area contributed by atoms with Crippen molar-refractivity contribution in [3.8, 4) is 135 Å². The van der Waals surface area contributed by atoms with Gasteiger partial charge in [0.05, 0.1) is 64.2 Å². The van der Waals surface area contributed by atoms with Crippen LogP contribution < -0.4 is 18.9 Å². The van der Waals surface area contributed by atoms with Crippen molar-refractivity contribution >= 4 is 58.1 Å². The van der Waals surface area contributed by atoms with Gasteiger partial charge in [-0.15, -0.1) is 23.2 Å². The Hall–Kier alpha value is -14.7. The first kappa shape index (κ1) is 102. The first-order chi connectivity index (χ1) is 67.0. The Labute approximate surface area is 820 Å². The summed E-state index contributed by atoms with van der Waals surface area (Å²) in [7, 11) is 0. The fourth-order valence-corrected chi connectivity index (χ4v) is 16.2. The van der Waals surface area contributed by atoms with E-state index in [1.165, 1.54) is 83.4 Å². The molecule has 17 rings (SSSR count). The number of phenolic OH excluding ortho intramolecular Hbond substituents is 2. The fraction of sp³-hybridized carbons (Fsp3) is 0.257. The van der Waals surface area contributed by atoms with Crippen LogP contribution in [0.25, 0.3) is 118 Å². The second kappa shape index (κ2) is 43.0. The summed E-state index contributed by atoms with van der Waals surface area (Å²) < 4.78 is 144. The van der Waals surface area contributed by atoms with Crippen LogP contribution in [0.15, 0.2) is 237 Å². The highest BCUT2D eigenvalue weighted by Gasteiger charge is 2.40. The van der Waals surface area contributed by atoms with Crippen LogP contribution in [0.3, 0.4) is 0 Å². The number of benzene rings is 9. The topological polar surface area (TPSA) is 286 Å². The Bertz CT molecular complexity index is 7340. The predicted molar refractivity (Wildman–Crippen MR) is 528 cm³/mol. The molecule has 6 aromatic heterocycles. The third-order valence-electron chi connectivity index (χ3n) is 21.9. The van der Waals surface area contributed by atoms with Crippen molar-refractivity contribution in [1.29, 1.82) is 0 Å². The van der Waals surface area contributed by atoms with E-state index in [9.17, 15) is 56.0 Å². The average Bonchev–Trinajstić information content (AvgIpc) is 1.65. The quantitative estimate of drug-likeness (QED) is 0.0351. The number of alkyl halides is 2. The monoisotopic (exact) mass is 1960 g/mol. The molecule has 32 heteroatoms. The first-order valence-electron chi connectivity index (χ1n) is 44.9. The minimum atomic E-state index is -1.43. The molecule has 2 aliphatic rings. The van der Waals surface area contributed by atoms with Crippen LogP contribution in [0.4, 0.5) is 26.3 Å². The molecule has 8 bridgehead atoms. The number of hydrogen-bond acceptors (Lipinski definition) is 20. The molecule has 0 unspecified atom stereocenters. The van der Waals surface area contributed by atoms with E-state index in [-0.39, 0.29) is 79.5 Å². The lowest BCUT2D eigenvalue weighted by atomic mass is 9.98. The van der Waals surface area contributed by atoms with Crippen molar-refractivity contribution in [3.05, 3.63) is 305 Å². The number of aromatic nitrogens is 9. The van der Waals surface area contributed by atoms with Crippen LogP contribution in [0.5, 0.6) is 34.5 Å². The number of rotatable bonds is 16. The molecule has 3 N–H and O–H groups in total. The van der Waals surface area contributed by atoms with Gasteiger partial charge < -0.3 is 58.0 Å². The summed E-state index contributed by atoms with van der Waals surface area (Å²) in [5.74, 6) is -4.29. The number of carbonyl (C=O) groups excluding carboxylic acids is 2. The minimum absolute atomic E-state index is 0.00551. The fourth-order valence-electron chi connectivity index (χ4n) is 15.9. The third-order valence-corrected chi connectivity index (χ3v) is 22.6. The average molecular weight is 1960 g/mol. The number of aromatic hydroxyl groups is 2. The van der Waals surface area contributed by atoms with Gasteiger partial charge in [-0.05, 0) is 221 Å². The Morgan fingerprint density at radius 3 is 0.957 bits per heavy atom. The van der Waals surface area contributed by atoms with E-state index >= 15 is 0 Å². The van der Waals surface area contributed by atoms with Gasteiger partial charge in [-0.1, -0.05) is 74.3 Å². The van der Waals surface area contributed by atoms with Gasteiger partial charge in [0.1, 0.15) is 95.8 Å². The molecule has 141 heavy (non-hydrogen) atoms. The highest BCUT2D eigenvalue weighted by molar-refractivity contribution is 6.23. The molecule has 3 atom stereocenters. The number of aliphatic carboxylic acids is 1. The number of nitrogens with zero attached hydrogens (tertiary/aromatic N) is 9. The third kappa shape index (κ3) is 23.9. The largest absolute Gasteiger partial charge is 0.507 e. The van der Waals surface area contributed by atoms with Crippen LogP contribution in [-0.2, 0) is 38.1 Å². The molecule has 0 amide bonds. The highest BCUT2D eigenvalue weighted by Crippen LogP contribution is 2.47. The van der Waals surface area contributed by atoms with Gasteiger partial charge in [-0.25, -0.2) is 69.2 Å². The molecule has 15 aromatic rings. The van der Waals surface area contributed by atoms with E-state index in [4.69, 9.17) is 96.1 Å². The van der Waals surface area contributed by atoms with Gasteiger partial charge in [0.2, 0.25) is 0 Å². The maximum atomic E-state index is 14.8. The van der Waals surface area contributed by atoms with Gasteiger partial charge in [-0.2, -0.15) is 15.3 Å². The van der Waals surface area contributed by atoms with Crippen molar-refractivity contribution in [2.75, 3.05) is 51.4 Å². The molecule has 0 aliphatic carbocycles. The lowest BCUT2D eigenvalue weighted by Gasteiger charge is -2.29. The maximum absolute atomic E-state index is 14.8. The Kier molecular flexibility index (Phi) is 31.1. The molecule has 0 saturated heterocycles. The second-order valence-electron chi connectivity index (χ2n) is 36.2. The molecule has 0 spiro atoms. The zero-order chi connectivity index (χ0) is 102. The van der Waals surface area contributed by atoms with E-state index in [2.05, 4.69) is 19.7 Å². The zero-order valence-corrected chi connectivity index (χ0v) is 81.4. The molecular weight excluding hydrogens is 1860 g/mol. The predicted octanol–water partition coefficient (Wildman–Crippen LogP) is 24.8. The van der Waals surface area contributed by atoms with Crippen molar-refractivity contribution in [2.45, 2.75) is 132 Å². The van der Waals surface area contributed by atoms with Gasteiger partial charge in [0.15, 0.2) is 35.3 Å². The summed E-state index contributed by atoms with van der Waals surface area (Å²) in [6, 6.07) is 51.9. The second-order valence-corrected chi connectivity index (χ2v) is 36.8. The zero-order valence-electron chi connectivity index (χ0n) is 79.9. The smallest absolute Gasteiger partial charge is 0.340 e. The minimum Gasteiger partial charge on any atom is -0.507 e. The molecule has 0 radical (unpaired) electrons. The van der Waals surface area contributed by atoms with Crippen LogP contribution >= 0.6 is 23.2 Å². The van der Waals surface area contributed by atoms with Gasteiger partial charge in [-0.3, -0.25) is 0 Å². The number of carbonyl (C=O) groups is 3. The Morgan fingerprint density at radius 2 is 0.660 bits per heavy atom. The molecule has 8 heterocycles.